The molecule has 0 radical (unpaired) electrons. The SMILES string of the molecule is C=CCOc1ccc(C2c3c(oc4cc(C)cc(C)c4c3=O)C(=O)N2Cc2ccccc2Cl)cc1OCC. The van der Waals surface area contributed by atoms with Crippen LogP contribution < -0.4 is 14.9 Å². The molecule has 3 aromatic carbocycles. The van der Waals surface area contributed by atoms with Crippen molar-refractivity contribution in [3.05, 3.63) is 116 Å². The minimum atomic E-state index is -0.706. The Morgan fingerprint density at radius 3 is 2.58 bits per heavy atom. The highest BCUT2D eigenvalue weighted by molar-refractivity contribution is 6.31. The summed E-state index contributed by atoms with van der Waals surface area (Å²) in [5.74, 6) is 0.750. The van der Waals surface area contributed by atoms with E-state index < -0.39 is 6.04 Å². The van der Waals surface area contributed by atoms with Crippen LogP contribution in [0.5, 0.6) is 11.5 Å². The van der Waals surface area contributed by atoms with Crippen LogP contribution in [-0.2, 0) is 6.54 Å². The van der Waals surface area contributed by atoms with Gasteiger partial charge in [0.05, 0.1) is 23.6 Å². The van der Waals surface area contributed by atoms with Crippen molar-refractivity contribution in [3.8, 4) is 11.5 Å². The summed E-state index contributed by atoms with van der Waals surface area (Å²) in [6.07, 6.45) is 1.65. The number of aryl methyl sites for hydroxylation is 2. The Kier molecular flexibility index (Phi) is 7.00. The minimum absolute atomic E-state index is 0.0505. The van der Waals surface area contributed by atoms with Crippen molar-refractivity contribution in [2.45, 2.75) is 33.4 Å². The molecule has 1 unspecified atom stereocenters. The van der Waals surface area contributed by atoms with Crippen LogP contribution in [0.15, 0.2) is 76.5 Å². The molecule has 0 spiro atoms. The highest BCUT2D eigenvalue weighted by atomic mass is 35.5. The number of ether oxygens (including phenoxy) is 2. The molecule has 0 fully saturated rings. The smallest absolute Gasteiger partial charge is 0.291 e. The second-order valence-corrected chi connectivity index (χ2v) is 9.70. The van der Waals surface area contributed by atoms with Crippen molar-refractivity contribution in [1.29, 1.82) is 0 Å². The normalized spacial score (nSPS) is 14.6. The Labute approximate surface area is 226 Å². The summed E-state index contributed by atoms with van der Waals surface area (Å²) in [5, 5.41) is 1.01. The van der Waals surface area contributed by atoms with E-state index >= 15 is 0 Å². The third kappa shape index (κ3) is 4.45. The van der Waals surface area contributed by atoms with Crippen LogP contribution in [0.4, 0.5) is 0 Å². The average Bonchev–Trinajstić information content (AvgIpc) is 3.16. The van der Waals surface area contributed by atoms with Crippen LogP contribution in [-0.4, -0.2) is 24.0 Å². The van der Waals surface area contributed by atoms with E-state index in [9.17, 15) is 9.59 Å². The molecule has 1 amide bonds. The first-order valence-corrected chi connectivity index (χ1v) is 12.8. The zero-order valence-corrected chi connectivity index (χ0v) is 22.3. The summed E-state index contributed by atoms with van der Waals surface area (Å²) >= 11 is 6.48. The average molecular weight is 530 g/mol. The number of hydrogen-bond donors (Lipinski definition) is 0. The van der Waals surface area contributed by atoms with Crippen LogP contribution in [0.25, 0.3) is 11.0 Å². The zero-order valence-electron chi connectivity index (χ0n) is 21.5. The van der Waals surface area contributed by atoms with Gasteiger partial charge in [0.15, 0.2) is 16.9 Å². The number of halogens is 1. The van der Waals surface area contributed by atoms with E-state index in [1.165, 1.54) is 0 Å². The molecule has 4 aromatic rings. The van der Waals surface area contributed by atoms with Crippen molar-refractivity contribution < 1.29 is 18.7 Å². The standard InChI is InChI=1S/C31H28ClNO5/c1-5-13-37-23-12-11-20(16-24(23)36-6-2)28-27-29(34)26-19(4)14-18(3)15-25(26)38-30(27)31(35)33(28)17-21-9-7-8-10-22(21)32/h5,7-12,14-16,28H,1,6,13,17H2,2-4H3. The molecule has 1 aromatic heterocycles. The van der Waals surface area contributed by atoms with E-state index in [2.05, 4.69) is 6.58 Å². The molecule has 38 heavy (non-hydrogen) atoms. The van der Waals surface area contributed by atoms with Gasteiger partial charge in [0.1, 0.15) is 12.2 Å². The Bertz CT molecular complexity index is 1620. The van der Waals surface area contributed by atoms with E-state index in [-0.39, 0.29) is 23.6 Å². The fourth-order valence-corrected chi connectivity index (χ4v) is 5.26. The van der Waals surface area contributed by atoms with Gasteiger partial charge in [-0.3, -0.25) is 9.59 Å². The number of rotatable bonds is 8. The van der Waals surface area contributed by atoms with Gasteiger partial charge in [0.2, 0.25) is 5.76 Å². The first-order chi connectivity index (χ1) is 18.3. The van der Waals surface area contributed by atoms with Gasteiger partial charge in [0, 0.05) is 11.6 Å². The molecule has 0 bridgehead atoms. The number of hydrogen-bond acceptors (Lipinski definition) is 5. The van der Waals surface area contributed by atoms with Crippen LogP contribution in [0.1, 0.15) is 51.3 Å². The first kappa shape index (κ1) is 25.6. The van der Waals surface area contributed by atoms with Crippen molar-refractivity contribution in [3.63, 3.8) is 0 Å². The third-order valence-electron chi connectivity index (χ3n) is 6.65. The Morgan fingerprint density at radius 1 is 1.05 bits per heavy atom. The lowest BCUT2D eigenvalue weighted by Gasteiger charge is -2.26. The summed E-state index contributed by atoms with van der Waals surface area (Å²) in [6.45, 7) is 10.3. The molecule has 0 aliphatic carbocycles. The molecule has 7 heteroatoms. The monoisotopic (exact) mass is 529 g/mol. The van der Waals surface area contributed by atoms with E-state index in [1.54, 1.807) is 29.2 Å². The Hall–Kier alpha value is -4.03. The van der Waals surface area contributed by atoms with Crippen LogP contribution in [0, 0.1) is 13.8 Å². The number of nitrogens with zero attached hydrogens (tertiary/aromatic N) is 1. The van der Waals surface area contributed by atoms with E-state index in [1.807, 2.05) is 57.2 Å². The van der Waals surface area contributed by atoms with Crippen molar-refractivity contribution in [2.24, 2.45) is 0 Å². The maximum Gasteiger partial charge on any atom is 0.291 e. The fourth-order valence-electron chi connectivity index (χ4n) is 5.06. The predicted octanol–water partition coefficient (Wildman–Crippen LogP) is 6.77. The molecule has 1 aliphatic rings. The molecular weight excluding hydrogens is 502 g/mol. The maximum absolute atomic E-state index is 14.0. The molecule has 0 saturated carbocycles. The molecule has 2 heterocycles. The lowest BCUT2D eigenvalue weighted by molar-refractivity contribution is 0.0714. The van der Waals surface area contributed by atoms with Crippen molar-refractivity contribution in [1.82, 2.24) is 4.90 Å². The quantitative estimate of drug-likeness (QED) is 0.235. The molecule has 1 aliphatic heterocycles. The highest BCUT2D eigenvalue weighted by Gasteiger charge is 2.43. The summed E-state index contributed by atoms with van der Waals surface area (Å²) < 4.78 is 17.8. The molecule has 0 saturated heterocycles. The van der Waals surface area contributed by atoms with E-state index in [0.29, 0.717) is 51.8 Å². The van der Waals surface area contributed by atoms with Gasteiger partial charge in [0.25, 0.3) is 5.91 Å². The lowest BCUT2D eigenvalue weighted by Crippen LogP contribution is -2.29. The third-order valence-corrected chi connectivity index (χ3v) is 7.02. The van der Waals surface area contributed by atoms with Gasteiger partial charge in [-0.15, -0.1) is 0 Å². The van der Waals surface area contributed by atoms with Gasteiger partial charge >= 0.3 is 0 Å². The van der Waals surface area contributed by atoms with E-state index in [0.717, 1.165) is 16.7 Å². The van der Waals surface area contributed by atoms with E-state index in [4.69, 9.17) is 25.5 Å². The minimum Gasteiger partial charge on any atom is -0.490 e. The van der Waals surface area contributed by atoms with Crippen molar-refractivity contribution >= 4 is 28.5 Å². The summed E-state index contributed by atoms with van der Waals surface area (Å²) in [5.41, 5.74) is 3.71. The topological polar surface area (TPSA) is 69.0 Å². The van der Waals surface area contributed by atoms with Crippen LogP contribution in [0.3, 0.4) is 0 Å². The van der Waals surface area contributed by atoms with Gasteiger partial charge < -0.3 is 18.8 Å². The van der Waals surface area contributed by atoms with Gasteiger partial charge in [-0.1, -0.05) is 54.6 Å². The molecule has 6 nitrogen and oxygen atoms in total. The maximum atomic E-state index is 14.0. The predicted molar refractivity (Wildman–Crippen MR) is 148 cm³/mol. The zero-order chi connectivity index (χ0) is 27.0. The summed E-state index contributed by atoms with van der Waals surface area (Å²) in [7, 11) is 0. The van der Waals surface area contributed by atoms with Gasteiger partial charge in [-0.2, -0.15) is 0 Å². The number of benzene rings is 3. The molecular formula is C31H28ClNO5. The molecule has 1 atom stereocenters. The summed E-state index contributed by atoms with van der Waals surface area (Å²) in [4.78, 5) is 29.5. The van der Waals surface area contributed by atoms with Crippen molar-refractivity contribution in [2.75, 3.05) is 13.2 Å². The fraction of sp³-hybridized carbons (Fsp3) is 0.226. The lowest BCUT2D eigenvalue weighted by atomic mass is 9.96. The largest absolute Gasteiger partial charge is 0.490 e. The number of fused-ring (bicyclic) bond motifs is 2. The molecule has 5 rings (SSSR count). The second-order valence-electron chi connectivity index (χ2n) is 9.29. The van der Waals surface area contributed by atoms with Gasteiger partial charge in [-0.05, 0) is 67.3 Å². The van der Waals surface area contributed by atoms with Crippen LogP contribution >= 0.6 is 11.6 Å². The number of amides is 1. The number of carbonyl (C=O) groups excluding carboxylic acids is 1. The van der Waals surface area contributed by atoms with Crippen LogP contribution in [0.2, 0.25) is 5.02 Å². The second kappa shape index (κ2) is 10.4. The number of carbonyl (C=O) groups is 1. The Balaban J connectivity index is 1.73. The Morgan fingerprint density at radius 2 is 1.84 bits per heavy atom. The van der Waals surface area contributed by atoms with Gasteiger partial charge in [-0.25, -0.2) is 0 Å². The summed E-state index contributed by atoms with van der Waals surface area (Å²) in [6, 6.07) is 15.8. The molecule has 0 N–H and O–H groups in total. The molecule has 194 valence electrons. The highest BCUT2D eigenvalue weighted by Crippen LogP contribution is 2.42. The first-order valence-electron chi connectivity index (χ1n) is 12.5.